The summed E-state index contributed by atoms with van der Waals surface area (Å²) >= 11 is 0. The van der Waals surface area contributed by atoms with Crippen LogP contribution in [0.2, 0.25) is 0 Å². The van der Waals surface area contributed by atoms with Crippen molar-refractivity contribution in [2.45, 2.75) is 33.0 Å². The minimum Gasteiger partial charge on any atom is -0.484 e. The van der Waals surface area contributed by atoms with E-state index in [2.05, 4.69) is 21.6 Å². The normalized spacial score (nSPS) is 11.9. The van der Waals surface area contributed by atoms with E-state index in [1.807, 2.05) is 64.3 Å². The highest BCUT2D eigenvalue weighted by molar-refractivity contribution is 5.88. The van der Waals surface area contributed by atoms with Crippen LogP contribution in [0.5, 0.6) is 5.75 Å². The van der Waals surface area contributed by atoms with Crippen molar-refractivity contribution in [1.29, 1.82) is 0 Å². The van der Waals surface area contributed by atoms with Crippen molar-refractivity contribution in [1.82, 2.24) is 15.5 Å². The van der Waals surface area contributed by atoms with Gasteiger partial charge in [-0.15, -0.1) is 0 Å². The van der Waals surface area contributed by atoms with Gasteiger partial charge < -0.3 is 20.3 Å². The van der Waals surface area contributed by atoms with Crippen molar-refractivity contribution in [3.63, 3.8) is 0 Å². The maximum absolute atomic E-state index is 12.7. The van der Waals surface area contributed by atoms with Crippen LogP contribution in [0.25, 0.3) is 0 Å². The van der Waals surface area contributed by atoms with Gasteiger partial charge in [0, 0.05) is 13.1 Å². The Morgan fingerprint density at radius 1 is 0.966 bits per heavy atom. The Labute approximate surface area is 173 Å². The summed E-state index contributed by atoms with van der Waals surface area (Å²) < 4.78 is 5.46. The lowest BCUT2D eigenvalue weighted by Crippen LogP contribution is -2.50. The number of rotatable bonds is 10. The molecule has 0 saturated carbocycles. The predicted octanol–water partition coefficient (Wildman–Crippen LogP) is 2.58. The third-order valence-corrected chi connectivity index (χ3v) is 4.44. The fourth-order valence-electron chi connectivity index (χ4n) is 2.93. The Morgan fingerprint density at radius 2 is 1.59 bits per heavy atom. The highest BCUT2D eigenvalue weighted by Gasteiger charge is 2.24. The topological polar surface area (TPSA) is 70.7 Å². The van der Waals surface area contributed by atoms with Gasteiger partial charge in [0.05, 0.1) is 0 Å². The van der Waals surface area contributed by atoms with E-state index in [1.54, 1.807) is 12.1 Å². The van der Waals surface area contributed by atoms with Crippen molar-refractivity contribution in [3.05, 3.63) is 65.7 Å². The fraction of sp³-hybridized carbons (Fsp3) is 0.391. The van der Waals surface area contributed by atoms with Gasteiger partial charge in [0.2, 0.25) is 5.91 Å². The van der Waals surface area contributed by atoms with E-state index in [0.29, 0.717) is 12.3 Å². The lowest BCUT2D eigenvalue weighted by Gasteiger charge is -2.22. The first-order valence-electron chi connectivity index (χ1n) is 9.83. The highest BCUT2D eigenvalue weighted by Crippen LogP contribution is 2.11. The number of hydrogen-bond acceptors (Lipinski definition) is 4. The molecule has 2 amide bonds. The molecule has 0 aromatic heterocycles. The summed E-state index contributed by atoms with van der Waals surface area (Å²) in [6.45, 7) is 4.90. The lowest BCUT2D eigenvalue weighted by molar-refractivity contribution is -0.131. The van der Waals surface area contributed by atoms with Gasteiger partial charge in [-0.25, -0.2) is 0 Å². The Morgan fingerprint density at radius 3 is 2.21 bits per heavy atom. The number of amides is 2. The van der Waals surface area contributed by atoms with E-state index in [0.717, 1.165) is 12.1 Å². The van der Waals surface area contributed by atoms with Gasteiger partial charge in [-0.05, 0) is 43.3 Å². The second kappa shape index (κ2) is 11.2. The molecule has 2 aromatic rings. The summed E-state index contributed by atoms with van der Waals surface area (Å²) in [5, 5.41) is 5.75. The van der Waals surface area contributed by atoms with Crippen molar-refractivity contribution in [2.75, 3.05) is 20.7 Å². The van der Waals surface area contributed by atoms with Gasteiger partial charge >= 0.3 is 0 Å². The van der Waals surface area contributed by atoms with Gasteiger partial charge in [0.25, 0.3) is 5.91 Å². The number of benzene rings is 2. The number of ether oxygens (including phenoxy) is 1. The van der Waals surface area contributed by atoms with Crippen molar-refractivity contribution < 1.29 is 14.3 Å². The molecule has 6 heteroatoms. The zero-order chi connectivity index (χ0) is 21.2. The average Bonchev–Trinajstić information content (AvgIpc) is 2.69. The summed E-state index contributed by atoms with van der Waals surface area (Å²) in [5.74, 6) is 0.0434. The molecule has 2 aromatic carbocycles. The van der Waals surface area contributed by atoms with E-state index >= 15 is 0 Å². The van der Waals surface area contributed by atoms with Crippen LogP contribution in [-0.2, 0) is 22.7 Å². The molecular formula is C23H31N3O3. The van der Waals surface area contributed by atoms with Gasteiger partial charge in [0.15, 0.2) is 6.61 Å². The molecule has 0 aliphatic heterocycles. The van der Waals surface area contributed by atoms with Crippen LogP contribution in [0, 0.1) is 5.92 Å². The van der Waals surface area contributed by atoms with E-state index in [9.17, 15) is 9.59 Å². The largest absolute Gasteiger partial charge is 0.484 e. The summed E-state index contributed by atoms with van der Waals surface area (Å²) in [7, 11) is 4.02. The molecule has 0 fully saturated rings. The van der Waals surface area contributed by atoms with Crippen LogP contribution in [0.3, 0.4) is 0 Å². The number of hydrogen-bond donors (Lipinski definition) is 2. The molecule has 1 atom stereocenters. The van der Waals surface area contributed by atoms with Crippen molar-refractivity contribution >= 4 is 11.8 Å². The van der Waals surface area contributed by atoms with Crippen LogP contribution in [-0.4, -0.2) is 43.5 Å². The summed E-state index contributed by atoms with van der Waals surface area (Å²) in [4.78, 5) is 27.1. The van der Waals surface area contributed by atoms with E-state index in [1.165, 1.54) is 5.56 Å². The molecule has 0 aliphatic carbocycles. The monoisotopic (exact) mass is 397 g/mol. The minimum atomic E-state index is -0.622. The number of carbonyl (C=O) groups excluding carboxylic acids is 2. The summed E-state index contributed by atoms with van der Waals surface area (Å²) in [6.07, 6.45) is 0. The molecule has 0 unspecified atom stereocenters. The fourth-order valence-corrected chi connectivity index (χ4v) is 2.93. The van der Waals surface area contributed by atoms with Gasteiger partial charge in [0.1, 0.15) is 11.8 Å². The first-order chi connectivity index (χ1) is 13.9. The van der Waals surface area contributed by atoms with E-state index in [-0.39, 0.29) is 24.3 Å². The number of nitrogens with one attached hydrogen (secondary N) is 2. The molecule has 156 valence electrons. The maximum atomic E-state index is 12.7. The first kappa shape index (κ1) is 22.4. The van der Waals surface area contributed by atoms with Crippen LogP contribution in [0.1, 0.15) is 25.0 Å². The molecule has 0 radical (unpaired) electrons. The Hall–Kier alpha value is -2.86. The molecule has 2 rings (SSSR count). The summed E-state index contributed by atoms with van der Waals surface area (Å²) in [6, 6.07) is 16.5. The first-order valence-corrected chi connectivity index (χ1v) is 9.83. The van der Waals surface area contributed by atoms with Gasteiger partial charge in [-0.2, -0.15) is 0 Å². The molecular weight excluding hydrogens is 366 g/mol. The smallest absolute Gasteiger partial charge is 0.258 e. The van der Waals surface area contributed by atoms with Crippen molar-refractivity contribution in [3.8, 4) is 5.75 Å². The third-order valence-electron chi connectivity index (χ3n) is 4.44. The van der Waals surface area contributed by atoms with E-state index < -0.39 is 6.04 Å². The second-order valence-electron chi connectivity index (χ2n) is 7.62. The maximum Gasteiger partial charge on any atom is 0.258 e. The molecule has 29 heavy (non-hydrogen) atoms. The second-order valence-corrected chi connectivity index (χ2v) is 7.62. The van der Waals surface area contributed by atoms with Crippen LogP contribution < -0.4 is 15.4 Å². The SMILES string of the molecule is CC(C)[C@H](NC(=O)COc1ccccc1)C(=O)NCc1ccccc1CN(C)C. The zero-order valence-corrected chi connectivity index (χ0v) is 17.6. The predicted molar refractivity (Wildman–Crippen MR) is 114 cm³/mol. The molecule has 2 N–H and O–H groups in total. The molecule has 0 bridgehead atoms. The van der Waals surface area contributed by atoms with Crippen LogP contribution >= 0.6 is 0 Å². The van der Waals surface area contributed by atoms with Gasteiger partial charge in [-0.3, -0.25) is 9.59 Å². The molecule has 0 heterocycles. The quantitative estimate of drug-likeness (QED) is 0.647. The Bertz CT molecular complexity index is 791. The number of carbonyl (C=O) groups is 2. The minimum absolute atomic E-state index is 0.0484. The van der Waals surface area contributed by atoms with E-state index in [4.69, 9.17) is 4.74 Å². The molecule has 0 saturated heterocycles. The third kappa shape index (κ3) is 7.58. The Kier molecular flexibility index (Phi) is 8.68. The van der Waals surface area contributed by atoms with Crippen LogP contribution in [0.4, 0.5) is 0 Å². The number of para-hydroxylation sites is 1. The zero-order valence-electron chi connectivity index (χ0n) is 17.6. The van der Waals surface area contributed by atoms with Gasteiger partial charge in [-0.1, -0.05) is 56.3 Å². The standard InChI is InChI=1S/C23H31N3O3/c1-17(2)22(25-21(27)16-29-20-12-6-5-7-13-20)23(28)24-14-18-10-8-9-11-19(18)15-26(3)4/h5-13,17,22H,14-16H2,1-4H3,(H,24,28)(H,25,27)/t22-/m0/s1. The Balaban J connectivity index is 1.91. The summed E-state index contributed by atoms with van der Waals surface area (Å²) in [5.41, 5.74) is 2.23. The molecule has 0 aliphatic rings. The molecule has 0 spiro atoms. The lowest BCUT2D eigenvalue weighted by atomic mass is 10.0. The average molecular weight is 398 g/mol. The van der Waals surface area contributed by atoms with Crippen LogP contribution in [0.15, 0.2) is 54.6 Å². The highest BCUT2D eigenvalue weighted by atomic mass is 16.5. The van der Waals surface area contributed by atoms with Crippen molar-refractivity contribution in [2.24, 2.45) is 5.92 Å². The number of nitrogens with zero attached hydrogens (tertiary/aromatic N) is 1. The molecule has 6 nitrogen and oxygen atoms in total.